The van der Waals surface area contributed by atoms with E-state index in [-0.39, 0.29) is 0 Å². The predicted octanol–water partition coefficient (Wildman–Crippen LogP) is 1.85. The summed E-state index contributed by atoms with van der Waals surface area (Å²) in [6.07, 6.45) is 2.51. The molecule has 5 nitrogen and oxygen atoms in total. The SMILES string of the molecule is COc1ccc2c(c1)nc(COC1CCNCC1)n2C. The normalized spacial score (nSPS) is 16.7. The summed E-state index contributed by atoms with van der Waals surface area (Å²) in [5.41, 5.74) is 2.06. The van der Waals surface area contributed by atoms with Crippen molar-refractivity contribution in [2.24, 2.45) is 7.05 Å². The van der Waals surface area contributed by atoms with Gasteiger partial charge in [0.2, 0.25) is 0 Å². The number of aryl methyl sites for hydroxylation is 1. The van der Waals surface area contributed by atoms with E-state index in [1.54, 1.807) is 7.11 Å². The smallest absolute Gasteiger partial charge is 0.135 e. The number of fused-ring (bicyclic) bond motifs is 1. The summed E-state index contributed by atoms with van der Waals surface area (Å²) in [5.74, 6) is 1.80. The van der Waals surface area contributed by atoms with Crippen LogP contribution < -0.4 is 10.1 Å². The Labute approximate surface area is 118 Å². The maximum absolute atomic E-state index is 5.98. The average Bonchev–Trinajstić information content (AvgIpc) is 2.82. The van der Waals surface area contributed by atoms with Gasteiger partial charge >= 0.3 is 0 Å². The molecule has 1 aliphatic heterocycles. The number of hydrogen-bond donors (Lipinski definition) is 1. The number of rotatable bonds is 4. The molecule has 0 amide bonds. The minimum atomic E-state index is 0.352. The number of aromatic nitrogens is 2. The molecule has 0 aliphatic carbocycles. The van der Waals surface area contributed by atoms with E-state index in [4.69, 9.17) is 9.47 Å². The van der Waals surface area contributed by atoms with Gasteiger partial charge in [0, 0.05) is 13.1 Å². The highest BCUT2D eigenvalue weighted by Gasteiger charge is 2.15. The number of benzene rings is 1. The van der Waals surface area contributed by atoms with Crippen molar-refractivity contribution < 1.29 is 9.47 Å². The molecule has 1 saturated heterocycles. The maximum Gasteiger partial charge on any atom is 0.135 e. The Morgan fingerprint density at radius 1 is 1.35 bits per heavy atom. The van der Waals surface area contributed by atoms with Crippen molar-refractivity contribution in [2.75, 3.05) is 20.2 Å². The van der Waals surface area contributed by atoms with E-state index in [1.807, 2.05) is 25.2 Å². The summed E-state index contributed by atoms with van der Waals surface area (Å²) >= 11 is 0. The lowest BCUT2D eigenvalue weighted by molar-refractivity contribution is 0.0170. The van der Waals surface area contributed by atoms with Crippen molar-refractivity contribution in [1.82, 2.24) is 14.9 Å². The van der Waals surface area contributed by atoms with Gasteiger partial charge in [-0.25, -0.2) is 4.98 Å². The molecular weight excluding hydrogens is 254 g/mol. The first-order valence-corrected chi connectivity index (χ1v) is 7.09. The van der Waals surface area contributed by atoms with E-state index in [0.29, 0.717) is 12.7 Å². The number of methoxy groups -OCH3 is 1. The molecule has 1 aliphatic rings. The lowest BCUT2D eigenvalue weighted by Gasteiger charge is -2.22. The van der Waals surface area contributed by atoms with Crippen molar-refractivity contribution in [3.8, 4) is 5.75 Å². The summed E-state index contributed by atoms with van der Waals surface area (Å²) in [4.78, 5) is 4.65. The van der Waals surface area contributed by atoms with E-state index < -0.39 is 0 Å². The summed E-state index contributed by atoms with van der Waals surface area (Å²) in [5, 5.41) is 3.34. The fourth-order valence-corrected chi connectivity index (χ4v) is 2.64. The van der Waals surface area contributed by atoms with Crippen molar-refractivity contribution in [2.45, 2.75) is 25.6 Å². The molecule has 1 N–H and O–H groups in total. The number of imidazole rings is 1. The highest BCUT2D eigenvalue weighted by Crippen LogP contribution is 2.21. The zero-order valence-electron chi connectivity index (χ0n) is 12.1. The number of hydrogen-bond acceptors (Lipinski definition) is 4. The fraction of sp³-hybridized carbons (Fsp3) is 0.533. The Balaban J connectivity index is 1.75. The molecule has 3 rings (SSSR count). The number of nitrogens with one attached hydrogen (secondary N) is 1. The van der Waals surface area contributed by atoms with Crippen LogP contribution in [0.1, 0.15) is 18.7 Å². The monoisotopic (exact) mass is 275 g/mol. The number of ether oxygens (including phenoxy) is 2. The zero-order valence-corrected chi connectivity index (χ0v) is 12.1. The minimum absolute atomic E-state index is 0.352. The third-order valence-electron chi connectivity index (χ3n) is 3.91. The summed E-state index contributed by atoms with van der Waals surface area (Å²) in [6.45, 7) is 2.66. The summed E-state index contributed by atoms with van der Waals surface area (Å²) < 4.78 is 13.3. The van der Waals surface area contributed by atoms with Gasteiger partial charge in [0.05, 0.1) is 24.2 Å². The van der Waals surface area contributed by atoms with Gasteiger partial charge in [0.15, 0.2) is 0 Å². The van der Waals surface area contributed by atoms with Crippen molar-refractivity contribution in [3.05, 3.63) is 24.0 Å². The van der Waals surface area contributed by atoms with Crippen LogP contribution in [0.3, 0.4) is 0 Å². The van der Waals surface area contributed by atoms with Gasteiger partial charge in [0.25, 0.3) is 0 Å². The van der Waals surface area contributed by atoms with Crippen LogP contribution in [0.5, 0.6) is 5.75 Å². The van der Waals surface area contributed by atoms with Crippen LogP contribution in [0.4, 0.5) is 0 Å². The Morgan fingerprint density at radius 2 is 2.15 bits per heavy atom. The van der Waals surface area contributed by atoms with Crippen molar-refractivity contribution in [1.29, 1.82) is 0 Å². The van der Waals surface area contributed by atoms with Crippen LogP contribution in [0.25, 0.3) is 11.0 Å². The number of piperidine rings is 1. The average molecular weight is 275 g/mol. The van der Waals surface area contributed by atoms with Gasteiger partial charge in [-0.05, 0) is 38.1 Å². The third-order valence-corrected chi connectivity index (χ3v) is 3.91. The van der Waals surface area contributed by atoms with E-state index in [2.05, 4.69) is 14.9 Å². The lowest BCUT2D eigenvalue weighted by Crippen LogP contribution is -2.32. The van der Waals surface area contributed by atoms with Crippen LogP contribution in [0.2, 0.25) is 0 Å². The number of nitrogens with zero attached hydrogens (tertiary/aromatic N) is 2. The molecule has 0 bridgehead atoms. The Morgan fingerprint density at radius 3 is 2.90 bits per heavy atom. The largest absolute Gasteiger partial charge is 0.497 e. The molecule has 0 atom stereocenters. The quantitative estimate of drug-likeness (QED) is 0.925. The highest BCUT2D eigenvalue weighted by molar-refractivity contribution is 5.77. The van der Waals surface area contributed by atoms with Crippen LogP contribution in [-0.4, -0.2) is 35.9 Å². The Hall–Kier alpha value is -1.59. The van der Waals surface area contributed by atoms with Gasteiger partial charge < -0.3 is 19.4 Å². The standard InChI is InChI=1S/C15H21N3O2/c1-18-14-4-3-12(19-2)9-13(14)17-15(18)10-20-11-5-7-16-8-6-11/h3-4,9,11,16H,5-8,10H2,1-2H3. The first-order chi connectivity index (χ1) is 9.78. The molecule has 1 aromatic heterocycles. The zero-order chi connectivity index (χ0) is 13.9. The molecule has 108 valence electrons. The molecule has 2 aromatic rings. The first kappa shape index (κ1) is 13.4. The topological polar surface area (TPSA) is 48.3 Å². The molecule has 0 unspecified atom stereocenters. The van der Waals surface area contributed by atoms with Gasteiger partial charge in [-0.1, -0.05) is 0 Å². The summed E-state index contributed by atoms with van der Waals surface area (Å²) in [6, 6.07) is 5.96. The highest BCUT2D eigenvalue weighted by atomic mass is 16.5. The van der Waals surface area contributed by atoms with Gasteiger partial charge in [-0.2, -0.15) is 0 Å². The van der Waals surface area contributed by atoms with Gasteiger partial charge in [-0.15, -0.1) is 0 Å². The second-order valence-electron chi connectivity index (χ2n) is 5.20. The molecule has 5 heteroatoms. The second-order valence-corrected chi connectivity index (χ2v) is 5.20. The first-order valence-electron chi connectivity index (χ1n) is 7.09. The van der Waals surface area contributed by atoms with Gasteiger partial charge in [-0.3, -0.25) is 0 Å². The molecular formula is C15H21N3O2. The minimum Gasteiger partial charge on any atom is -0.497 e. The van der Waals surface area contributed by atoms with Crippen LogP contribution >= 0.6 is 0 Å². The van der Waals surface area contributed by atoms with E-state index in [0.717, 1.165) is 48.5 Å². The molecule has 1 fully saturated rings. The third kappa shape index (κ3) is 2.64. The van der Waals surface area contributed by atoms with Gasteiger partial charge in [0.1, 0.15) is 18.2 Å². The molecule has 0 saturated carbocycles. The maximum atomic E-state index is 5.98. The Kier molecular flexibility index (Phi) is 3.89. The van der Waals surface area contributed by atoms with E-state index in [1.165, 1.54) is 0 Å². The fourth-order valence-electron chi connectivity index (χ4n) is 2.64. The predicted molar refractivity (Wildman–Crippen MR) is 77.9 cm³/mol. The molecule has 0 radical (unpaired) electrons. The molecule has 2 heterocycles. The molecule has 1 aromatic carbocycles. The van der Waals surface area contributed by atoms with Crippen LogP contribution in [-0.2, 0) is 18.4 Å². The Bertz CT molecular complexity index is 588. The molecule has 0 spiro atoms. The van der Waals surface area contributed by atoms with Crippen molar-refractivity contribution in [3.63, 3.8) is 0 Å². The van der Waals surface area contributed by atoms with E-state index >= 15 is 0 Å². The van der Waals surface area contributed by atoms with Crippen molar-refractivity contribution >= 4 is 11.0 Å². The van der Waals surface area contributed by atoms with E-state index in [9.17, 15) is 0 Å². The van der Waals surface area contributed by atoms with Crippen LogP contribution in [0, 0.1) is 0 Å². The summed E-state index contributed by atoms with van der Waals surface area (Å²) in [7, 11) is 3.70. The molecule has 20 heavy (non-hydrogen) atoms. The lowest BCUT2D eigenvalue weighted by atomic mass is 10.1. The second kappa shape index (κ2) is 5.81. The van der Waals surface area contributed by atoms with Crippen LogP contribution in [0.15, 0.2) is 18.2 Å².